The highest BCUT2D eigenvalue weighted by Crippen LogP contribution is 2.16. The maximum Gasteiger partial charge on any atom is 0.269 e. The lowest BCUT2D eigenvalue weighted by Gasteiger charge is -2.08. The van der Waals surface area contributed by atoms with Crippen molar-refractivity contribution >= 4 is 5.69 Å². The lowest BCUT2D eigenvalue weighted by molar-refractivity contribution is -0.384. The van der Waals surface area contributed by atoms with Gasteiger partial charge in [-0.15, -0.1) is 0 Å². The molecule has 0 saturated carbocycles. The molecule has 0 atom stereocenters. The number of rotatable bonds is 20. The van der Waals surface area contributed by atoms with Gasteiger partial charge >= 0.3 is 0 Å². The van der Waals surface area contributed by atoms with Crippen molar-refractivity contribution in [1.29, 1.82) is 0 Å². The number of hydrogen-bond acceptors (Lipinski definition) is 8. The van der Waals surface area contributed by atoms with Crippen molar-refractivity contribution < 1.29 is 33.3 Å². The quantitative estimate of drug-likeness (QED) is 0.182. The summed E-state index contributed by atoms with van der Waals surface area (Å²) in [5, 5.41) is 10.6. The second kappa shape index (κ2) is 18.3. The van der Waals surface area contributed by atoms with E-state index in [1.807, 2.05) is 0 Å². The van der Waals surface area contributed by atoms with Crippen LogP contribution >= 0.6 is 0 Å². The topological polar surface area (TPSA) is 98.5 Å². The highest BCUT2D eigenvalue weighted by molar-refractivity contribution is 5.35. The Morgan fingerprint density at radius 1 is 0.690 bits per heavy atom. The predicted molar refractivity (Wildman–Crippen MR) is 108 cm³/mol. The van der Waals surface area contributed by atoms with Crippen molar-refractivity contribution in [2.24, 2.45) is 0 Å². The standard InChI is InChI=1S/C20H33NO8/c1-2-3-8-24-9-10-25-11-12-26-13-14-27-15-16-28-17-18-29-20-6-4-19(5-7-20)21(22)23/h4-7H,2-3,8-18H2,1H3. The van der Waals surface area contributed by atoms with Gasteiger partial charge in [-0.2, -0.15) is 0 Å². The number of benzene rings is 1. The molecule has 1 aromatic carbocycles. The highest BCUT2D eigenvalue weighted by atomic mass is 16.6. The predicted octanol–water partition coefficient (Wildman–Crippen LogP) is 2.86. The normalized spacial score (nSPS) is 10.9. The number of hydrogen-bond donors (Lipinski definition) is 0. The Balaban J connectivity index is 1.77. The van der Waals surface area contributed by atoms with Gasteiger partial charge in [0.15, 0.2) is 0 Å². The van der Waals surface area contributed by atoms with Gasteiger partial charge in [-0.25, -0.2) is 0 Å². The van der Waals surface area contributed by atoms with Crippen LogP contribution < -0.4 is 4.74 Å². The highest BCUT2D eigenvalue weighted by Gasteiger charge is 2.04. The molecule has 1 aromatic rings. The molecule has 0 aliphatic rings. The van der Waals surface area contributed by atoms with E-state index in [-0.39, 0.29) is 5.69 Å². The van der Waals surface area contributed by atoms with Crippen LogP contribution in [0.4, 0.5) is 5.69 Å². The molecular formula is C20H33NO8. The Morgan fingerprint density at radius 3 is 1.52 bits per heavy atom. The van der Waals surface area contributed by atoms with E-state index < -0.39 is 4.92 Å². The second-order valence-electron chi connectivity index (χ2n) is 6.01. The third-order valence-corrected chi connectivity index (χ3v) is 3.67. The first-order valence-corrected chi connectivity index (χ1v) is 10.00. The van der Waals surface area contributed by atoms with Crippen molar-refractivity contribution in [2.75, 3.05) is 72.7 Å². The van der Waals surface area contributed by atoms with Crippen LogP contribution in [0.25, 0.3) is 0 Å². The molecule has 1 rings (SSSR count). The van der Waals surface area contributed by atoms with E-state index in [4.69, 9.17) is 28.4 Å². The Labute approximate surface area is 172 Å². The van der Waals surface area contributed by atoms with E-state index in [9.17, 15) is 10.1 Å². The van der Waals surface area contributed by atoms with Gasteiger partial charge in [-0.1, -0.05) is 13.3 Å². The van der Waals surface area contributed by atoms with Crippen molar-refractivity contribution in [1.82, 2.24) is 0 Å². The number of nitro benzene ring substituents is 1. The lowest BCUT2D eigenvalue weighted by Crippen LogP contribution is -2.14. The van der Waals surface area contributed by atoms with Crippen LogP contribution in [0.1, 0.15) is 19.8 Å². The molecular weight excluding hydrogens is 382 g/mol. The summed E-state index contributed by atoms with van der Waals surface area (Å²) >= 11 is 0. The molecule has 0 bridgehead atoms. The summed E-state index contributed by atoms with van der Waals surface area (Å²) in [6.07, 6.45) is 2.23. The van der Waals surface area contributed by atoms with Gasteiger partial charge in [-0.3, -0.25) is 10.1 Å². The number of unbranched alkanes of at least 4 members (excludes halogenated alkanes) is 1. The summed E-state index contributed by atoms with van der Waals surface area (Å²) in [4.78, 5) is 10.1. The molecule has 9 heteroatoms. The molecule has 0 radical (unpaired) electrons. The van der Waals surface area contributed by atoms with E-state index in [1.165, 1.54) is 12.1 Å². The van der Waals surface area contributed by atoms with E-state index in [0.29, 0.717) is 71.8 Å². The zero-order valence-electron chi connectivity index (χ0n) is 17.2. The maximum atomic E-state index is 10.6. The minimum absolute atomic E-state index is 0.0367. The Morgan fingerprint density at radius 2 is 1.10 bits per heavy atom. The summed E-state index contributed by atoms with van der Waals surface area (Å²) in [5.74, 6) is 0.570. The van der Waals surface area contributed by atoms with Crippen LogP contribution in [0.2, 0.25) is 0 Å². The molecule has 0 spiro atoms. The minimum Gasteiger partial charge on any atom is -0.491 e. The van der Waals surface area contributed by atoms with E-state index in [2.05, 4.69) is 6.92 Å². The smallest absolute Gasteiger partial charge is 0.269 e. The summed E-state index contributed by atoms with van der Waals surface area (Å²) < 4.78 is 32.4. The monoisotopic (exact) mass is 415 g/mol. The Hall–Kier alpha value is -1.78. The zero-order valence-corrected chi connectivity index (χ0v) is 17.2. The first-order valence-electron chi connectivity index (χ1n) is 10.00. The average molecular weight is 415 g/mol. The van der Waals surface area contributed by atoms with Crippen molar-refractivity contribution in [2.45, 2.75) is 19.8 Å². The summed E-state index contributed by atoms with van der Waals surface area (Å²) in [5.41, 5.74) is 0.0367. The first-order chi connectivity index (χ1) is 14.2. The van der Waals surface area contributed by atoms with Gasteiger partial charge in [0, 0.05) is 18.7 Å². The zero-order chi connectivity index (χ0) is 21.0. The van der Waals surface area contributed by atoms with E-state index in [1.54, 1.807) is 12.1 Å². The molecule has 0 aliphatic carbocycles. The van der Waals surface area contributed by atoms with E-state index in [0.717, 1.165) is 19.4 Å². The van der Waals surface area contributed by atoms with Crippen molar-refractivity contribution in [3.63, 3.8) is 0 Å². The molecule has 0 aromatic heterocycles. The molecule has 0 unspecified atom stereocenters. The first kappa shape index (κ1) is 25.3. The van der Waals surface area contributed by atoms with Gasteiger partial charge in [0.25, 0.3) is 5.69 Å². The van der Waals surface area contributed by atoms with Crippen LogP contribution in [-0.4, -0.2) is 77.6 Å². The van der Waals surface area contributed by atoms with Crippen molar-refractivity contribution in [3.8, 4) is 5.75 Å². The van der Waals surface area contributed by atoms with Crippen LogP contribution in [0, 0.1) is 10.1 Å². The van der Waals surface area contributed by atoms with Gasteiger partial charge < -0.3 is 28.4 Å². The van der Waals surface area contributed by atoms with Crippen LogP contribution in [0.15, 0.2) is 24.3 Å². The number of non-ortho nitro benzene ring substituents is 1. The molecule has 0 aliphatic heterocycles. The molecule has 9 nitrogen and oxygen atoms in total. The molecule has 0 saturated heterocycles. The Bertz CT molecular complexity index is 512. The summed E-state index contributed by atoms with van der Waals surface area (Å²) in [7, 11) is 0. The van der Waals surface area contributed by atoms with Gasteiger partial charge in [-0.05, 0) is 18.6 Å². The fourth-order valence-corrected chi connectivity index (χ4v) is 2.11. The molecule has 166 valence electrons. The third-order valence-electron chi connectivity index (χ3n) is 3.67. The van der Waals surface area contributed by atoms with Crippen LogP contribution in [-0.2, 0) is 23.7 Å². The summed E-state index contributed by atoms with van der Waals surface area (Å²) in [6.45, 7) is 7.97. The average Bonchev–Trinajstić information content (AvgIpc) is 2.73. The lowest BCUT2D eigenvalue weighted by atomic mass is 10.3. The second-order valence-corrected chi connectivity index (χ2v) is 6.01. The van der Waals surface area contributed by atoms with E-state index >= 15 is 0 Å². The molecule has 29 heavy (non-hydrogen) atoms. The molecule has 0 amide bonds. The third kappa shape index (κ3) is 14.8. The molecule has 0 heterocycles. The van der Waals surface area contributed by atoms with Crippen molar-refractivity contribution in [3.05, 3.63) is 34.4 Å². The fourth-order valence-electron chi connectivity index (χ4n) is 2.11. The maximum absolute atomic E-state index is 10.6. The fraction of sp³-hybridized carbons (Fsp3) is 0.700. The minimum atomic E-state index is -0.447. The molecule has 0 fully saturated rings. The van der Waals surface area contributed by atoms with Gasteiger partial charge in [0.1, 0.15) is 12.4 Å². The van der Waals surface area contributed by atoms with Gasteiger partial charge in [0.2, 0.25) is 0 Å². The summed E-state index contributed by atoms with van der Waals surface area (Å²) in [6, 6.07) is 5.93. The SMILES string of the molecule is CCCCOCCOCCOCCOCCOCCOc1ccc([N+](=O)[O-])cc1. The number of nitrogens with zero attached hydrogens (tertiary/aromatic N) is 1. The number of ether oxygens (including phenoxy) is 6. The number of nitro groups is 1. The van der Waals surface area contributed by atoms with Crippen LogP contribution in [0.3, 0.4) is 0 Å². The van der Waals surface area contributed by atoms with Gasteiger partial charge in [0.05, 0.1) is 64.4 Å². The largest absolute Gasteiger partial charge is 0.491 e. The van der Waals surface area contributed by atoms with Crippen LogP contribution in [0.5, 0.6) is 5.75 Å². The molecule has 0 N–H and O–H groups in total. The Kier molecular flexibility index (Phi) is 15.9.